The Kier molecular flexibility index (Phi) is 6.02. The van der Waals surface area contributed by atoms with E-state index in [4.69, 9.17) is 4.74 Å². The Morgan fingerprint density at radius 2 is 1.75 bits per heavy atom. The van der Waals surface area contributed by atoms with Gasteiger partial charge < -0.3 is 10.1 Å². The van der Waals surface area contributed by atoms with Crippen molar-refractivity contribution in [3.8, 4) is 0 Å². The molecule has 1 N–H and O–H groups in total. The molecular formula is C15H22F3NO. The van der Waals surface area contributed by atoms with Gasteiger partial charge in [-0.3, -0.25) is 0 Å². The first-order valence-corrected chi connectivity index (χ1v) is 6.72. The van der Waals surface area contributed by atoms with Gasteiger partial charge in [0.25, 0.3) is 0 Å². The predicted molar refractivity (Wildman–Crippen MR) is 73.6 cm³/mol. The maximum Gasteiger partial charge on any atom is 0.390 e. The summed E-state index contributed by atoms with van der Waals surface area (Å²) >= 11 is 0. The second-order valence-corrected chi connectivity index (χ2v) is 5.36. The zero-order valence-corrected chi connectivity index (χ0v) is 12.1. The molecule has 1 aromatic rings. The molecule has 0 saturated carbocycles. The summed E-state index contributed by atoms with van der Waals surface area (Å²) in [7, 11) is 0. The third-order valence-electron chi connectivity index (χ3n) is 2.95. The van der Waals surface area contributed by atoms with Crippen LogP contribution in [0.1, 0.15) is 38.8 Å². The van der Waals surface area contributed by atoms with Crippen LogP contribution in [0.5, 0.6) is 0 Å². The second kappa shape index (κ2) is 7.09. The molecule has 0 heterocycles. The normalized spacial score (nSPS) is 14.3. The largest absolute Gasteiger partial charge is 0.390 e. The fourth-order valence-corrected chi connectivity index (χ4v) is 2.04. The number of rotatable bonds is 7. The molecule has 20 heavy (non-hydrogen) atoms. The van der Waals surface area contributed by atoms with Crippen LogP contribution in [0.2, 0.25) is 0 Å². The van der Waals surface area contributed by atoms with Gasteiger partial charge in [-0.05, 0) is 26.3 Å². The highest BCUT2D eigenvalue weighted by molar-refractivity contribution is 5.19. The van der Waals surface area contributed by atoms with Crippen molar-refractivity contribution in [2.24, 2.45) is 0 Å². The maximum absolute atomic E-state index is 12.7. The van der Waals surface area contributed by atoms with Crippen LogP contribution in [0.25, 0.3) is 0 Å². The molecule has 0 saturated heterocycles. The van der Waals surface area contributed by atoms with Crippen LogP contribution < -0.4 is 5.32 Å². The highest BCUT2D eigenvalue weighted by Gasteiger charge is 2.33. The molecule has 0 radical (unpaired) electrons. The number of benzene rings is 1. The van der Waals surface area contributed by atoms with Crippen LogP contribution in [0.4, 0.5) is 13.2 Å². The lowest BCUT2D eigenvalue weighted by Gasteiger charge is -2.29. The Morgan fingerprint density at radius 1 is 1.15 bits per heavy atom. The van der Waals surface area contributed by atoms with Gasteiger partial charge in [0.1, 0.15) is 0 Å². The summed E-state index contributed by atoms with van der Waals surface area (Å²) in [4.78, 5) is 0. The molecule has 1 atom stereocenters. The molecule has 0 amide bonds. The molecule has 114 valence electrons. The van der Waals surface area contributed by atoms with Crippen LogP contribution in [0.3, 0.4) is 0 Å². The molecule has 1 rings (SSSR count). The van der Waals surface area contributed by atoms with E-state index >= 15 is 0 Å². The van der Waals surface area contributed by atoms with Crippen LogP contribution in [-0.2, 0) is 4.74 Å². The first-order valence-electron chi connectivity index (χ1n) is 6.72. The van der Waals surface area contributed by atoms with Crippen LogP contribution >= 0.6 is 0 Å². The molecule has 0 bridgehead atoms. The van der Waals surface area contributed by atoms with Gasteiger partial charge in [0.2, 0.25) is 0 Å². The summed E-state index contributed by atoms with van der Waals surface area (Å²) in [6.45, 7) is 6.48. The third-order valence-corrected chi connectivity index (χ3v) is 2.95. The smallest absolute Gasteiger partial charge is 0.375 e. The SMILES string of the molecule is CCOC(C)(C)CNC(CC(F)(F)F)c1ccccc1. The van der Waals surface area contributed by atoms with Gasteiger partial charge in [-0.25, -0.2) is 0 Å². The standard InChI is InChI=1S/C15H22F3NO/c1-4-20-14(2,3)11-19-13(10-15(16,17)18)12-8-6-5-7-9-12/h5-9,13,19H,4,10-11H2,1-3H3. The summed E-state index contributed by atoms with van der Waals surface area (Å²) in [5, 5.41) is 2.97. The number of hydrogen-bond acceptors (Lipinski definition) is 2. The van der Waals surface area contributed by atoms with E-state index in [9.17, 15) is 13.2 Å². The monoisotopic (exact) mass is 289 g/mol. The highest BCUT2D eigenvalue weighted by atomic mass is 19.4. The topological polar surface area (TPSA) is 21.3 Å². The molecular weight excluding hydrogens is 267 g/mol. The second-order valence-electron chi connectivity index (χ2n) is 5.36. The third kappa shape index (κ3) is 6.39. The highest BCUT2D eigenvalue weighted by Crippen LogP contribution is 2.29. The molecule has 0 aliphatic heterocycles. The van der Waals surface area contributed by atoms with Crippen molar-refractivity contribution < 1.29 is 17.9 Å². The minimum Gasteiger partial charge on any atom is -0.375 e. The van der Waals surface area contributed by atoms with Gasteiger partial charge >= 0.3 is 6.18 Å². The van der Waals surface area contributed by atoms with E-state index in [2.05, 4.69) is 5.32 Å². The molecule has 0 fully saturated rings. The Bertz CT molecular complexity index is 390. The Labute approximate surface area is 118 Å². The molecule has 2 nitrogen and oxygen atoms in total. The Hall–Kier alpha value is -1.07. The fraction of sp³-hybridized carbons (Fsp3) is 0.600. The first kappa shape index (κ1) is 17.0. The molecule has 0 aliphatic carbocycles. The summed E-state index contributed by atoms with van der Waals surface area (Å²) < 4.78 is 43.6. The minimum atomic E-state index is -4.21. The summed E-state index contributed by atoms with van der Waals surface area (Å²) in [5.41, 5.74) is 0.144. The lowest BCUT2D eigenvalue weighted by Crippen LogP contribution is -2.40. The Morgan fingerprint density at radius 3 is 2.25 bits per heavy atom. The van der Waals surface area contributed by atoms with Gasteiger partial charge in [-0.2, -0.15) is 13.2 Å². The van der Waals surface area contributed by atoms with Crippen LogP contribution in [0.15, 0.2) is 30.3 Å². The number of halogens is 3. The first-order chi connectivity index (χ1) is 9.23. The summed E-state index contributed by atoms with van der Waals surface area (Å²) in [5.74, 6) is 0. The molecule has 0 spiro atoms. The van der Waals surface area contributed by atoms with Crippen LogP contribution in [0, 0.1) is 0 Å². The van der Waals surface area contributed by atoms with E-state index < -0.39 is 24.2 Å². The van der Waals surface area contributed by atoms with Crippen molar-refractivity contribution >= 4 is 0 Å². The molecule has 1 unspecified atom stereocenters. The Balaban J connectivity index is 2.74. The van der Waals surface area contributed by atoms with Gasteiger partial charge in [0.15, 0.2) is 0 Å². The zero-order valence-electron chi connectivity index (χ0n) is 12.1. The average Bonchev–Trinajstić information content (AvgIpc) is 2.34. The summed E-state index contributed by atoms with van der Waals surface area (Å²) in [6, 6.07) is 7.94. The lowest BCUT2D eigenvalue weighted by molar-refractivity contribution is -0.141. The van der Waals surface area contributed by atoms with E-state index in [1.54, 1.807) is 30.3 Å². The van der Waals surface area contributed by atoms with Gasteiger partial charge in [0, 0.05) is 19.2 Å². The van der Waals surface area contributed by atoms with Gasteiger partial charge in [0.05, 0.1) is 12.0 Å². The minimum absolute atomic E-state index is 0.358. The van der Waals surface area contributed by atoms with Crippen molar-refractivity contribution in [3.63, 3.8) is 0 Å². The van der Waals surface area contributed by atoms with E-state index in [0.29, 0.717) is 18.7 Å². The molecule has 0 aliphatic rings. The summed E-state index contributed by atoms with van der Waals surface area (Å²) in [6.07, 6.45) is -5.09. The van der Waals surface area contributed by atoms with Crippen molar-refractivity contribution in [2.45, 2.75) is 45.0 Å². The lowest BCUT2D eigenvalue weighted by atomic mass is 10.0. The number of nitrogens with one attached hydrogen (secondary N) is 1. The number of ether oxygens (including phenoxy) is 1. The fourth-order valence-electron chi connectivity index (χ4n) is 2.04. The number of hydrogen-bond donors (Lipinski definition) is 1. The van der Waals surface area contributed by atoms with Crippen molar-refractivity contribution in [1.82, 2.24) is 5.32 Å². The van der Waals surface area contributed by atoms with E-state index in [0.717, 1.165) is 0 Å². The molecule has 1 aromatic carbocycles. The van der Waals surface area contributed by atoms with Crippen LogP contribution in [-0.4, -0.2) is 24.9 Å². The van der Waals surface area contributed by atoms with E-state index in [1.165, 1.54) is 0 Å². The number of alkyl halides is 3. The van der Waals surface area contributed by atoms with Crippen molar-refractivity contribution in [2.75, 3.05) is 13.2 Å². The van der Waals surface area contributed by atoms with Crippen molar-refractivity contribution in [3.05, 3.63) is 35.9 Å². The molecule has 0 aromatic heterocycles. The average molecular weight is 289 g/mol. The molecule has 5 heteroatoms. The van der Waals surface area contributed by atoms with Gasteiger partial charge in [-0.1, -0.05) is 30.3 Å². The van der Waals surface area contributed by atoms with E-state index in [1.807, 2.05) is 20.8 Å². The predicted octanol–water partition coefficient (Wildman–Crippen LogP) is 4.08. The zero-order chi connectivity index (χ0) is 15.2. The van der Waals surface area contributed by atoms with Gasteiger partial charge in [-0.15, -0.1) is 0 Å². The quantitative estimate of drug-likeness (QED) is 0.816. The van der Waals surface area contributed by atoms with E-state index in [-0.39, 0.29) is 0 Å². The van der Waals surface area contributed by atoms with Crippen molar-refractivity contribution in [1.29, 1.82) is 0 Å². The maximum atomic E-state index is 12.7.